The van der Waals surface area contributed by atoms with E-state index in [-0.39, 0.29) is 35.0 Å². The third-order valence-corrected chi connectivity index (χ3v) is 4.38. The number of aromatic hydroxyl groups is 1. The summed E-state index contributed by atoms with van der Waals surface area (Å²) in [6.45, 7) is 6.59. The lowest BCUT2D eigenvalue weighted by atomic mass is 10.1. The first kappa shape index (κ1) is 22.0. The summed E-state index contributed by atoms with van der Waals surface area (Å²) in [6, 6.07) is 8.41. The van der Waals surface area contributed by atoms with Crippen molar-refractivity contribution in [3.05, 3.63) is 47.5 Å². The van der Waals surface area contributed by atoms with Gasteiger partial charge in [-0.05, 0) is 43.4 Å². The Morgan fingerprint density at radius 2 is 1.76 bits per heavy atom. The van der Waals surface area contributed by atoms with E-state index in [1.807, 2.05) is 13.8 Å². The van der Waals surface area contributed by atoms with E-state index in [0.717, 1.165) is 13.1 Å². The Balaban J connectivity index is 2.15. The Labute approximate surface area is 169 Å². The monoisotopic (exact) mass is 402 g/mol. The van der Waals surface area contributed by atoms with Gasteiger partial charge in [-0.25, -0.2) is 9.59 Å². The topological polar surface area (TPSA) is 111 Å². The first-order valence-electron chi connectivity index (χ1n) is 9.27. The van der Waals surface area contributed by atoms with Gasteiger partial charge in [0.2, 0.25) is 0 Å². The number of ether oxygens (including phenoxy) is 3. The molecule has 0 aliphatic rings. The number of phenols is 1. The minimum Gasteiger partial charge on any atom is -0.504 e. The second kappa shape index (κ2) is 10.3. The van der Waals surface area contributed by atoms with Crippen LogP contribution in [-0.4, -0.2) is 55.3 Å². The van der Waals surface area contributed by atoms with Crippen LogP contribution in [0.1, 0.15) is 34.6 Å². The maximum absolute atomic E-state index is 12.5. The second-order valence-electron chi connectivity index (χ2n) is 6.19. The van der Waals surface area contributed by atoms with Crippen LogP contribution in [0.5, 0.6) is 17.2 Å². The van der Waals surface area contributed by atoms with E-state index >= 15 is 0 Å². The zero-order valence-electron chi connectivity index (χ0n) is 16.8. The molecule has 0 atom stereocenters. The van der Waals surface area contributed by atoms with Crippen LogP contribution in [0, 0.1) is 0 Å². The standard InChI is InChI=1S/C21H26N2O6/c1-4-23(5-2)10-11-28-21(26)16-8-7-15(22)13-18(16)29-20(25)14-6-9-17(24)19(12-14)27-3/h6-9,12-13,24H,4-5,10-11,22H2,1-3H3. The molecular formula is C21H26N2O6. The third-order valence-electron chi connectivity index (χ3n) is 4.38. The molecule has 0 radical (unpaired) electrons. The van der Waals surface area contributed by atoms with E-state index in [2.05, 4.69) is 4.90 Å². The van der Waals surface area contributed by atoms with E-state index in [4.69, 9.17) is 19.9 Å². The van der Waals surface area contributed by atoms with E-state index in [1.54, 1.807) is 0 Å². The molecule has 8 nitrogen and oxygen atoms in total. The Morgan fingerprint density at radius 3 is 2.41 bits per heavy atom. The number of methoxy groups -OCH3 is 1. The Kier molecular flexibility index (Phi) is 7.85. The number of hydrogen-bond donors (Lipinski definition) is 2. The molecule has 0 spiro atoms. The van der Waals surface area contributed by atoms with Gasteiger partial charge < -0.3 is 30.0 Å². The number of nitrogens with zero attached hydrogens (tertiary/aromatic N) is 1. The Morgan fingerprint density at radius 1 is 1.03 bits per heavy atom. The number of nitrogens with two attached hydrogens (primary N) is 1. The Hall–Kier alpha value is -3.26. The average Bonchev–Trinajstić information content (AvgIpc) is 2.71. The van der Waals surface area contributed by atoms with Crippen LogP contribution < -0.4 is 15.2 Å². The molecule has 0 fully saturated rings. The fourth-order valence-corrected chi connectivity index (χ4v) is 2.64. The van der Waals surface area contributed by atoms with Gasteiger partial charge in [-0.1, -0.05) is 13.8 Å². The van der Waals surface area contributed by atoms with Crippen LogP contribution >= 0.6 is 0 Å². The highest BCUT2D eigenvalue weighted by molar-refractivity contribution is 5.97. The first-order valence-corrected chi connectivity index (χ1v) is 9.27. The number of anilines is 1. The SMILES string of the molecule is CCN(CC)CCOC(=O)c1ccc(N)cc1OC(=O)c1ccc(O)c(OC)c1. The quantitative estimate of drug-likeness (QED) is 0.374. The highest BCUT2D eigenvalue weighted by Crippen LogP contribution is 2.28. The first-order chi connectivity index (χ1) is 13.9. The summed E-state index contributed by atoms with van der Waals surface area (Å²) >= 11 is 0. The summed E-state index contributed by atoms with van der Waals surface area (Å²) in [6.07, 6.45) is 0. The van der Waals surface area contributed by atoms with Crippen LogP contribution in [0.3, 0.4) is 0 Å². The average molecular weight is 402 g/mol. The summed E-state index contributed by atoms with van der Waals surface area (Å²) in [5.74, 6) is -1.32. The van der Waals surface area contributed by atoms with Gasteiger partial charge in [0.1, 0.15) is 17.9 Å². The van der Waals surface area contributed by atoms with E-state index in [1.165, 1.54) is 43.5 Å². The van der Waals surface area contributed by atoms with Crippen LogP contribution in [0.15, 0.2) is 36.4 Å². The molecule has 3 N–H and O–H groups in total. The number of rotatable bonds is 9. The molecule has 2 aromatic carbocycles. The predicted molar refractivity (Wildman–Crippen MR) is 109 cm³/mol. The molecule has 8 heteroatoms. The van der Waals surface area contributed by atoms with Crippen molar-refractivity contribution in [3.8, 4) is 17.2 Å². The summed E-state index contributed by atoms with van der Waals surface area (Å²) in [5.41, 5.74) is 6.35. The molecule has 0 saturated heterocycles. The number of hydrogen-bond acceptors (Lipinski definition) is 8. The molecule has 0 aromatic heterocycles. The van der Waals surface area contributed by atoms with Crippen LogP contribution in [0.4, 0.5) is 5.69 Å². The van der Waals surface area contributed by atoms with Crippen LogP contribution in [0.25, 0.3) is 0 Å². The second-order valence-corrected chi connectivity index (χ2v) is 6.19. The predicted octanol–water partition coefficient (Wildman–Crippen LogP) is 2.70. The van der Waals surface area contributed by atoms with E-state index < -0.39 is 11.9 Å². The van der Waals surface area contributed by atoms with Gasteiger partial charge in [0.25, 0.3) is 0 Å². The van der Waals surface area contributed by atoms with Crippen molar-refractivity contribution in [2.45, 2.75) is 13.8 Å². The van der Waals surface area contributed by atoms with Gasteiger partial charge in [-0.2, -0.15) is 0 Å². The highest BCUT2D eigenvalue weighted by Gasteiger charge is 2.19. The lowest BCUT2D eigenvalue weighted by Gasteiger charge is -2.18. The minimum absolute atomic E-state index is 0.00474. The molecule has 0 aliphatic heterocycles. The lowest BCUT2D eigenvalue weighted by Crippen LogP contribution is -2.28. The van der Waals surface area contributed by atoms with Gasteiger partial charge >= 0.3 is 11.9 Å². The van der Waals surface area contributed by atoms with Gasteiger partial charge in [-0.15, -0.1) is 0 Å². The fourth-order valence-electron chi connectivity index (χ4n) is 2.64. The minimum atomic E-state index is -0.730. The van der Waals surface area contributed by atoms with Gasteiger partial charge in [-0.3, -0.25) is 0 Å². The van der Waals surface area contributed by atoms with Crippen molar-refractivity contribution in [2.24, 2.45) is 0 Å². The largest absolute Gasteiger partial charge is 0.504 e. The van der Waals surface area contributed by atoms with E-state index in [0.29, 0.717) is 12.2 Å². The van der Waals surface area contributed by atoms with Gasteiger partial charge in [0.05, 0.1) is 12.7 Å². The molecule has 0 amide bonds. The zero-order chi connectivity index (χ0) is 21.4. The van der Waals surface area contributed by atoms with Crippen LogP contribution in [0.2, 0.25) is 0 Å². The maximum atomic E-state index is 12.5. The lowest BCUT2D eigenvalue weighted by molar-refractivity contribution is 0.0461. The van der Waals surface area contributed by atoms with Crippen molar-refractivity contribution in [2.75, 3.05) is 39.1 Å². The number of nitrogen functional groups attached to an aromatic ring is 1. The number of esters is 2. The number of carbonyl (C=O) groups excluding carboxylic acids is 2. The molecule has 29 heavy (non-hydrogen) atoms. The number of carbonyl (C=O) groups is 2. The molecule has 156 valence electrons. The molecule has 0 heterocycles. The summed E-state index contributed by atoms with van der Waals surface area (Å²) in [4.78, 5) is 27.1. The van der Waals surface area contributed by atoms with Gasteiger partial charge in [0, 0.05) is 18.3 Å². The normalized spacial score (nSPS) is 10.6. The zero-order valence-corrected chi connectivity index (χ0v) is 16.8. The Bertz CT molecular complexity index is 864. The van der Waals surface area contributed by atoms with Crippen molar-refractivity contribution >= 4 is 17.6 Å². The maximum Gasteiger partial charge on any atom is 0.343 e. The third kappa shape index (κ3) is 5.86. The van der Waals surface area contributed by atoms with Gasteiger partial charge in [0.15, 0.2) is 11.5 Å². The van der Waals surface area contributed by atoms with E-state index in [9.17, 15) is 14.7 Å². The molecule has 0 bridgehead atoms. The molecular weight excluding hydrogens is 376 g/mol. The number of likely N-dealkylation sites (N-methyl/N-ethyl adjacent to an activating group) is 1. The highest BCUT2D eigenvalue weighted by atomic mass is 16.5. The summed E-state index contributed by atoms with van der Waals surface area (Å²) in [7, 11) is 1.37. The fraction of sp³-hybridized carbons (Fsp3) is 0.333. The molecule has 2 aromatic rings. The molecule has 0 aliphatic carbocycles. The number of benzene rings is 2. The summed E-state index contributed by atoms with van der Waals surface area (Å²) < 4.78 is 15.7. The van der Waals surface area contributed by atoms with Crippen LogP contribution in [-0.2, 0) is 4.74 Å². The molecule has 0 saturated carbocycles. The smallest absolute Gasteiger partial charge is 0.343 e. The number of phenolic OH excluding ortho intramolecular Hbond substituents is 1. The summed E-state index contributed by atoms with van der Waals surface area (Å²) in [5, 5.41) is 9.66. The van der Waals surface area contributed by atoms with Crippen molar-refractivity contribution < 1.29 is 28.9 Å². The molecule has 2 rings (SSSR count). The molecule has 0 unspecified atom stereocenters. The van der Waals surface area contributed by atoms with Crippen molar-refractivity contribution in [3.63, 3.8) is 0 Å². The van der Waals surface area contributed by atoms with Crippen molar-refractivity contribution in [1.29, 1.82) is 0 Å². The van der Waals surface area contributed by atoms with Crippen molar-refractivity contribution in [1.82, 2.24) is 4.90 Å².